The van der Waals surface area contributed by atoms with Crippen molar-refractivity contribution in [2.75, 3.05) is 13.2 Å². The molecule has 0 saturated heterocycles. The Kier molecular flexibility index (Phi) is 8.25. The molecule has 12 heteroatoms. The summed E-state index contributed by atoms with van der Waals surface area (Å²) in [7, 11) is -4.66. The van der Waals surface area contributed by atoms with Crippen LogP contribution in [0.2, 0.25) is 0 Å². The van der Waals surface area contributed by atoms with Crippen LogP contribution in [0, 0.1) is 11.6 Å². The fraction of sp³-hybridized carbons (Fsp3) is 0.400. The van der Waals surface area contributed by atoms with Gasteiger partial charge in [0, 0.05) is 6.04 Å². The topological polar surface area (TPSA) is 131 Å². The summed E-state index contributed by atoms with van der Waals surface area (Å²) in [5, 5.41) is 4.36. The minimum absolute atomic E-state index is 0.173. The van der Waals surface area contributed by atoms with E-state index < -0.39 is 57.6 Å². The quantitative estimate of drug-likeness (QED) is 0.535. The minimum atomic E-state index is -4.66. The highest BCUT2D eigenvalue weighted by Crippen LogP contribution is 2.17. The molecular formula is C15H19F2N3O6S. The van der Waals surface area contributed by atoms with Crippen LogP contribution in [0.5, 0.6) is 0 Å². The van der Waals surface area contributed by atoms with E-state index in [1.165, 1.54) is 0 Å². The predicted octanol–water partition coefficient (Wildman–Crippen LogP) is 0.411. The Morgan fingerprint density at radius 2 is 1.78 bits per heavy atom. The number of imide groups is 1. The first kappa shape index (κ1) is 22.4. The van der Waals surface area contributed by atoms with Gasteiger partial charge in [-0.2, -0.15) is 4.72 Å². The molecule has 0 aliphatic rings. The fourth-order valence-electron chi connectivity index (χ4n) is 1.69. The molecule has 0 aliphatic carbocycles. The minimum Gasteiger partial charge on any atom is -0.455 e. The number of sulfonamides is 1. The number of rotatable bonds is 8. The zero-order chi connectivity index (χ0) is 20.6. The van der Waals surface area contributed by atoms with Gasteiger partial charge in [0.2, 0.25) is 10.0 Å². The van der Waals surface area contributed by atoms with Crippen LogP contribution in [0.25, 0.3) is 0 Å². The summed E-state index contributed by atoms with van der Waals surface area (Å²) >= 11 is 0. The molecule has 0 aromatic heterocycles. The fourth-order valence-corrected chi connectivity index (χ4v) is 2.79. The molecule has 0 spiro atoms. The molecule has 1 aromatic rings. The highest BCUT2D eigenvalue weighted by atomic mass is 32.2. The van der Waals surface area contributed by atoms with Gasteiger partial charge in [0.05, 0.1) is 0 Å². The Balaban J connectivity index is 2.49. The number of nitrogens with one attached hydrogen (secondary N) is 3. The first-order valence-corrected chi connectivity index (χ1v) is 9.24. The maximum Gasteiger partial charge on any atom is 0.321 e. The van der Waals surface area contributed by atoms with Crippen LogP contribution in [0.3, 0.4) is 0 Å². The van der Waals surface area contributed by atoms with Crippen molar-refractivity contribution in [1.29, 1.82) is 0 Å². The van der Waals surface area contributed by atoms with Crippen molar-refractivity contribution in [3.63, 3.8) is 0 Å². The van der Waals surface area contributed by atoms with Gasteiger partial charge in [-0.3, -0.25) is 14.9 Å². The molecule has 0 radical (unpaired) electrons. The molecule has 0 saturated carbocycles. The standard InChI is InChI=1S/C15H19F2N3O6S/c1-3-9(2)19-15(23)20-12(21)8-26-13(22)7-18-27(24,25)14-10(16)5-4-6-11(14)17/h4-6,9,18H,3,7-8H2,1-2H3,(H2,19,20,21,23)/t9-/m1/s1. The van der Waals surface area contributed by atoms with Gasteiger partial charge in [-0.25, -0.2) is 22.0 Å². The van der Waals surface area contributed by atoms with E-state index >= 15 is 0 Å². The summed E-state index contributed by atoms with van der Waals surface area (Å²) in [6.07, 6.45) is 0.638. The van der Waals surface area contributed by atoms with E-state index in [1.807, 2.05) is 12.2 Å². The number of ether oxygens (including phenoxy) is 1. The molecule has 0 heterocycles. The van der Waals surface area contributed by atoms with Crippen molar-refractivity contribution in [3.05, 3.63) is 29.8 Å². The van der Waals surface area contributed by atoms with Crippen molar-refractivity contribution in [2.24, 2.45) is 0 Å². The van der Waals surface area contributed by atoms with E-state index in [0.29, 0.717) is 6.42 Å². The summed E-state index contributed by atoms with van der Waals surface area (Å²) in [4.78, 5) is 33.1. The molecule has 27 heavy (non-hydrogen) atoms. The number of halogens is 2. The van der Waals surface area contributed by atoms with Gasteiger partial charge in [0.1, 0.15) is 18.2 Å². The summed E-state index contributed by atoms with van der Waals surface area (Å²) in [5.74, 6) is -4.79. The molecule has 3 amide bonds. The second-order valence-corrected chi connectivity index (χ2v) is 7.07. The number of benzene rings is 1. The van der Waals surface area contributed by atoms with Crippen LogP contribution in [0.15, 0.2) is 23.1 Å². The Morgan fingerprint density at radius 3 is 2.33 bits per heavy atom. The zero-order valence-corrected chi connectivity index (χ0v) is 15.4. The van der Waals surface area contributed by atoms with E-state index in [4.69, 9.17) is 0 Å². The second kappa shape index (κ2) is 9.92. The maximum absolute atomic E-state index is 13.5. The smallest absolute Gasteiger partial charge is 0.321 e. The van der Waals surface area contributed by atoms with Gasteiger partial charge < -0.3 is 10.1 Å². The first-order valence-electron chi connectivity index (χ1n) is 7.76. The largest absolute Gasteiger partial charge is 0.455 e. The molecule has 0 aliphatic heterocycles. The van der Waals surface area contributed by atoms with Crippen LogP contribution < -0.4 is 15.4 Å². The van der Waals surface area contributed by atoms with Crippen LogP contribution in [-0.4, -0.2) is 45.5 Å². The Hall–Kier alpha value is -2.60. The molecule has 1 rings (SSSR count). The summed E-state index contributed by atoms with van der Waals surface area (Å²) in [6.45, 7) is 1.72. The van der Waals surface area contributed by atoms with Gasteiger partial charge >= 0.3 is 12.0 Å². The van der Waals surface area contributed by atoms with Crippen molar-refractivity contribution < 1.29 is 36.3 Å². The molecular weight excluding hydrogens is 388 g/mol. The zero-order valence-electron chi connectivity index (χ0n) is 14.5. The van der Waals surface area contributed by atoms with Gasteiger partial charge in [0.25, 0.3) is 5.91 Å². The summed E-state index contributed by atoms with van der Waals surface area (Å²) in [5.41, 5.74) is 0. The summed E-state index contributed by atoms with van der Waals surface area (Å²) < 4.78 is 56.9. The van der Waals surface area contributed by atoms with E-state index in [2.05, 4.69) is 10.1 Å². The van der Waals surface area contributed by atoms with Crippen LogP contribution in [-0.2, 0) is 24.3 Å². The molecule has 0 fully saturated rings. The van der Waals surface area contributed by atoms with E-state index in [9.17, 15) is 31.6 Å². The lowest BCUT2D eigenvalue weighted by Gasteiger charge is -2.12. The molecule has 3 N–H and O–H groups in total. The number of hydrogen-bond donors (Lipinski definition) is 3. The average Bonchev–Trinajstić information content (AvgIpc) is 2.57. The molecule has 1 atom stereocenters. The van der Waals surface area contributed by atoms with Crippen LogP contribution in [0.4, 0.5) is 13.6 Å². The molecule has 150 valence electrons. The third kappa shape index (κ3) is 7.27. The monoisotopic (exact) mass is 407 g/mol. The number of urea groups is 1. The normalized spacial score (nSPS) is 12.1. The third-order valence-corrected chi connectivity index (χ3v) is 4.65. The molecule has 0 unspecified atom stereocenters. The Morgan fingerprint density at radius 1 is 1.19 bits per heavy atom. The lowest BCUT2D eigenvalue weighted by atomic mass is 10.3. The second-order valence-electron chi connectivity index (χ2n) is 5.37. The maximum atomic E-state index is 13.5. The van der Waals surface area contributed by atoms with E-state index in [0.717, 1.165) is 18.2 Å². The lowest BCUT2D eigenvalue weighted by molar-refractivity contribution is -0.147. The number of carbonyl (C=O) groups is 3. The predicted molar refractivity (Wildman–Crippen MR) is 88.9 cm³/mol. The first-order chi connectivity index (χ1) is 12.6. The van der Waals surface area contributed by atoms with Crippen molar-refractivity contribution in [1.82, 2.24) is 15.4 Å². The van der Waals surface area contributed by atoms with Gasteiger partial charge in [-0.05, 0) is 25.5 Å². The lowest BCUT2D eigenvalue weighted by Crippen LogP contribution is -2.45. The van der Waals surface area contributed by atoms with Crippen molar-refractivity contribution in [3.8, 4) is 0 Å². The number of hydrogen-bond acceptors (Lipinski definition) is 6. The van der Waals surface area contributed by atoms with Gasteiger partial charge in [-0.15, -0.1) is 0 Å². The van der Waals surface area contributed by atoms with E-state index in [-0.39, 0.29) is 6.04 Å². The Labute approximate surface area is 154 Å². The van der Waals surface area contributed by atoms with E-state index in [1.54, 1.807) is 11.6 Å². The molecule has 0 bridgehead atoms. The van der Waals surface area contributed by atoms with Crippen LogP contribution >= 0.6 is 0 Å². The van der Waals surface area contributed by atoms with Crippen molar-refractivity contribution >= 4 is 27.9 Å². The van der Waals surface area contributed by atoms with Crippen LogP contribution in [0.1, 0.15) is 20.3 Å². The van der Waals surface area contributed by atoms with Gasteiger partial charge in [0.15, 0.2) is 11.5 Å². The molecule has 9 nitrogen and oxygen atoms in total. The molecule has 1 aromatic carbocycles. The highest BCUT2D eigenvalue weighted by Gasteiger charge is 2.24. The summed E-state index contributed by atoms with van der Waals surface area (Å²) in [6, 6.07) is 1.51. The number of amides is 3. The highest BCUT2D eigenvalue weighted by molar-refractivity contribution is 7.89. The average molecular weight is 407 g/mol. The van der Waals surface area contributed by atoms with Gasteiger partial charge in [-0.1, -0.05) is 13.0 Å². The van der Waals surface area contributed by atoms with Crippen molar-refractivity contribution in [2.45, 2.75) is 31.2 Å². The third-order valence-electron chi connectivity index (χ3n) is 3.20. The Bertz CT molecular complexity index is 796. The number of esters is 1. The number of carbonyl (C=O) groups excluding carboxylic acids is 3. The SMILES string of the molecule is CC[C@@H](C)NC(=O)NC(=O)COC(=O)CNS(=O)(=O)c1c(F)cccc1F.